The Bertz CT molecular complexity index is 668. The van der Waals surface area contributed by atoms with Crippen molar-refractivity contribution < 1.29 is 4.79 Å². The van der Waals surface area contributed by atoms with Gasteiger partial charge in [-0.2, -0.15) is 0 Å². The highest BCUT2D eigenvalue weighted by molar-refractivity contribution is 5.94. The Morgan fingerprint density at radius 1 is 1.18 bits per heavy atom. The fourth-order valence-corrected chi connectivity index (χ4v) is 2.73. The zero-order valence-corrected chi connectivity index (χ0v) is 14.2. The summed E-state index contributed by atoms with van der Waals surface area (Å²) >= 11 is 0. The van der Waals surface area contributed by atoms with Crippen LogP contribution < -0.4 is 5.32 Å². The summed E-state index contributed by atoms with van der Waals surface area (Å²) in [6.45, 7) is 11.8. The number of aryl methyl sites for hydroxylation is 3. The summed E-state index contributed by atoms with van der Waals surface area (Å²) in [7, 11) is 0. The number of carbonyl (C=O) groups excluding carboxylic acids is 1. The van der Waals surface area contributed by atoms with E-state index in [0.29, 0.717) is 12.5 Å². The highest BCUT2D eigenvalue weighted by Crippen LogP contribution is 2.18. The Hall–Kier alpha value is -2.03. The minimum absolute atomic E-state index is 0.0203. The molecule has 22 heavy (non-hydrogen) atoms. The molecule has 3 heteroatoms. The maximum absolute atomic E-state index is 12.5. The lowest BCUT2D eigenvalue weighted by molar-refractivity contribution is 0.0939. The maximum atomic E-state index is 12.5. The summed E-state index contributed by atoms with van der Waals surface area (Å²) in [6.07, 6.45) is 0. The molecule has 1 aromatic heterocycles. The number of amides is 1. The van der Waals surface area contributed by atoms with E-state index in [2.05, 4.69) is 67.9 Å². The van der Waals surface area contributed by atoms with Gasteiger partial charge >= 0.3 is 0 Å². The molecule has 0 saturated heterocycles. The summed E-state index contributed by atoms with van der Waals surface area (Å²) < 4.78 is 2.11. The van der Waals surface area contributed by atoms with E-state index in [4.69, 9.17) is 0 Å². The average Bonchev–Trinajstić information content (AvgIpc) is 2.71. The third kappa shape index (κ3) is 3.79. The lowest BCUT2D eigenvalue weighted by atomic mass is 10.1. The molecular weight excluding hydrogens is 272 g/mol. The van der Waals surface area contributed by atoms with Gasteiger partial charge in [-0.15, -0.1) is 0 Å². The van der Waals surface area contributed by atoms with Gasteiger partial charge in [0.15, 0.2) is 0 Å². The molecule has 0 atom stereocenters. The van der Waals surface area contributed by atoms with E-state index in [1.165, 1.54) is 11.1 Å². The van der Waals surface area contributed by atoms with Crippen LogP contribution in [0.2, 0.25) is 0 Å². The molecule has 0 aliphatic carbocycles. The minimum Gasteiger partial charge on any atom is -0.350 e. The number of benzene rings is 1. The highest BCUT2D eigenvalue weighted by atomic mass is 16.1. The summed E-state index contributed by atoms with van der Waals surface area (Å²) in [5.74, 6) is 0.470. The average molecular weight is 298 g/mol. The molecule has 0 radical (unpaired) electrons. The standard InChI is InChI=1S/C19H26N2O/c1-13(2)11-20-19(22)18-15(4)10-16(5)21(18)12-17-8-6-7-14(3)9-17/h6-10,13H,11-12H2,1-5H3,(H,20,22). The fourth-order valence-electron chi connectivity index (χ4n) is 2.73. The van der Waals surface area contributed by atoms with E-state index in [-0.39, 0.29) is 5.91 Å². The first-order valence-corrected chi connectivity index (χ1v) is 7.89. The molecule has 3 nitrogen and oxygen atoms in total. The zero-order chi connectivity index (χ0) is 16.3. The second-order valence-corrected chi connectivity index (χ2v) is 6.50. The van der Waals surface area contributed by atoms with Gasteiger partial charge in [0.1, 0.15) is 5.69 Å². The molecule has 0 aliphatic rings. The third-order valence-electron chi connectivity index (χ3n) is 3.80. The van der Waals surface area contributed by atoms with E-state index in [0.717, 1.165) is 23.5 Å². The van der Waals surface area contributed by atoms with Crippen molar-refractivity contribution in [3.63, 3.8) is 0 Å². The van der Waals surface area contributed by atoms with Crippen molar-refractivity contribution >= 4 is 5.91 Å². The van der Waals surface area contributed by atoms with Crippen LogP contribution in [0.4, 0.5) is 0 Å². The molecule has 2 aromatic rings. The molecule has 0 unspecified atom stereocenters. The summed E-state index contributed by atoms with van der Waals surface area (Å²) in [4.78, 5) is 12.5. The molecule has 2 rings (SSSR count). The second-order valence-electron chi connectivity index (χ2n) is 6.50. The van der Waals surface area contributed by atoms with Crippen LogP contribution in [-0.4, -0.2) is 17.0 Å². The summed E-state index contributed by atoms with van der Waals surface area (Å²) in [5, 5.41) is 3.03. The predicted molar refractivity (Wildman–Crippen MR) is 91.4 cm³/mol. The van der Waals surface area contributed by atoms with Gasteiger partial charge in [-0.05, 0) is 43.9 Å². The Labute approximate surface area is 133 Å². The van der Waals surface area contributed by atoms with Crippen LogP contribution in [0.25, 0.3) is 0 Å². The number of hydrogen-bond acceptors (Lipinski definition) is 1. The largest absolute Gasteiger partial charge is 0.350 e. The van der Waals surface area contributed by atoms with Gasteiger partial charge in [0.05, 0.1) is 0 Å². The van der Waals surface area contributed by atoms with Gasteiger partial charge in [-0.1, -0.05) is 43.7 Å². The fraction of sp³-hybridized carbons (Fsp3) is 0.421. The lowest BCUT2D eigenvalue weighted by Gasteiger charge is -2.14. The SMILES string of the molecule is Cc1cccc(Cn2c(C)cc(C)c2C(=O)NCC(C)C)c1. The van der Waals surface area contributed by atoms with Gasteiger partial charge in [0, 0.05) is 18.8 Å². The van der Waals surface area contributed by atoms with Crippen molar-refractivity contribution in [2.75, 3.05) is 6.54 Å². The Morgan fingerprint density at radius 3 is 2.55 bits per heavy atom. The van der Waals surface area contributed by atoms with E-state index in [1.54, 1.807) is 0 Å². The first kappa shape index (κ1) is 16.3. The molecule has 1 heterocycles. The van der Waals surface area contributed by atoms with Crippen LogP contribution in [0.5, 0.6) is 0 Å². The van der Waals surface area contributed by atoms with Gasteiger partial charge in [0.2, 0.25) is 0 Å². The second kappa shape index (κ2) is 6.82. The number of nitrogens with one attached hydrogen (secondary N) is 1. The van der Waals surface area contributed by atoms with E-state index >= 15 is 0 Å². The van der Waals surface area contributed by atoms with Crippen molar-refractivity contribution in [2.24, 2.45) is 5.92 Å². The monoisotopic (exact) mass is 298 g/mol. The third-order valence-corrected chi connectivity index (χ3v) is 3.80. The van der Waals surface area contributed by atoms with Crippen molar-refractivity contribution in [2.45, 2.75) is 41.2 Å². The molecule has 0 saturated carbocycles. The van der Waals surface area contributed by atoms with Crippen molar-refractivity contribution in [3.8, 4) is 0 Å². The Balaban J connectivity index is 2.29. The summed E-state index contributed by atoms with van der Waals surface area (Å²) in [6, 6.07) is 10.5. The van der Waals surface area contributed by atoms with Crippen LogP contribution >= 0.6 is 0 Å². The van der Waals surface area contributed by atoms with Crippen LogP contribution in [0.3, 0.4) is 0 Å². The number of aromatic nitrogens is 1. The van der Waals surface area contributed by atoms with Crippen LogP contribution in [0.15, 0.2) is 30.3 Å². The zero-order valence-electron chi connectivity index (χ0n) is 14.2. The van der Waals surface area contributed by atoms with Gasteiger partial charge in [0.25, 0.3) is 5.91 Å². The number of hydrogen-bond donors (Lipinski definition) is 1. The molecule has 0 bridgehead atoms. The number of nitrogens with zero attached hydrogens (tertiary/aromatic N) is 1. The number of rotatable bonds is 5. The molecule has 0 aliphatic heterocycles. The van der Waals surface area contributed by atoms with Gasteiger partial charge in [-0.3, -0.25) is 4.79 Å². The smallest absolute Gasteiger partial charge is 0.268 e. The number of carbonyl (C=O) groups is 1. The molecule has 1 N–H and O–H groups in total. The van der Waals surface area contributed by atoms with Crippen LogP contribution in [0.1, 0.15) is 46.7 Å². The predicted octanol–water partition coefficient (Wildman–Crippen LogP) is 3.85. The van der Waals surface area contributed by atoms with Gasteiger partial charge in [-0.25, -0.2) is 0 Å². The summed E-state index contributed by atoms with van der Waals surface area (Å²) in [5.41, 5.74) is 5.39. The van der Waals surface area contributed by atoms with Crippen molar-refractivity contribution in [3.05, 3.63) is 58.4 Å². The molecule has 118 valence electrons. The van der Waals surface area contributed by atoms with Crippen LogP contribution in [-0.2, 0) is 6.54 Å². The first-order valence-electron chi connectivity index (χ1n) is 7.89. The Kier molecular flexibility index (Phi) is 5.07. The minimum atomic E-state index is 0.0203. The van der Waals surface area contributed by atoms with Gasteiger partial charge < -0.3 is 9.88 Å². The van der Waals surface area contributed by atoms with E-state index in [9.17, 15) is 4.79 Å². The lowest BCUT2D eigenvalue weighted by Crippen LogP contribution is -2.30. The maximum Gasteiger partial charge on any atom is 0.268 e. The van der Waals surface area contributed by atoms with Crippen LogP contribution in [0, 0.1) is 26.7 Å². The first-order chi connectivity index (χ1) is 10.4. The molecular formula is C19H26N2O. The molecule has 1 aromatic carbocycles. The molecule has 0 fully saturated rings. The van der Waals surface area contributed by atoms with E-state index < -0.39 is 0 Å². The molecule has 0 spiro atoms. The molecule has 1 amide bonds. The quantitative estimate of drug-likeness (QED) is 0.894. The normalized spacial score (nSPS) is 11.0. The highest BCUT2D eigenvalue weighted by Gasteiger charge is 2.17. The van der Waals surface area contributed by atoms with E-state index in [1.807, 2.05) is 6.92 Å². The van der Waals surface area contributed by atoms with Crippen molar-refractivity contribution in [1.29, 1.82) is 0 Å². The Morgan fingerprint density at radius 2 is 1.91 bits per heavy atom. The van der Waals surface area contributed by atoms with Crippen molar-refractivity contribution in [1.82, 2.24) is 9.88 Å². The topological polar surface area (TPSA) is 34.0 Å².